The van der Waals surface area contributed by atoms with E-state index in [0.717, 1.165) is 5.56 Å². The zero-order valence-corrected chi connectivity index (χ0v) is 15.3. The van der Waals surface area contributed by atoms with Gasteiger partial charge in [0.1, 0.15) is 11.5 Å². The van der Waals surface area contributed by atoms with Crippen molar-refractivity contribution in [3.8, 4) is 11.5 Å². The molecule has 1 aromatic heterocycles. The molecule has 1 aliphatic heterocycles. The number of Topliss-reactive ketones (excluding diaryl/α,β-unsaturated/α-hetero) is 2. The molecule has 28 heavy (non-hydrogen) atoms. The molecule has 0 fully saturated rings. The third kappa shape index (κ3) is 3.80. The van der Waals surface area contributed by atoms with Gasteiger partial charge >= 0.3 is 0 Å². The van der Waals surface area contributed by atoms with E-state index in [4.69, 9.17) is 21.1 Å². The van der Waals surface area contributed by atoms with E-state index in [2.05, 4.69) is 4.98 Å². The number of hydrogen-bond donors (Lipinski definition) is 0. The topological polar surface area (TPSA) is 65.5 Å². The van der Waals surface area contributed by atoms with Crippen molar-refractivity contribution in [1.82, 2.24) is 4.98 Å². The van der Waals surface area contributed by atoms with E-state index in [1.807, 2.05) is 0 Å². The molecular formula is C22H14ClNO4. The lowest BCUT2D eigenvalue weighted by Crippen LogP contribution is -2.11. The highest BCUT2D eigenvalue weighted by molar-refractivity contribution is 6.30. The molecule has 0 amide bonds. The van der Waals surface area contributed by atoms with Crippen LogP contribution in [0, 0.1) is 0 Å². The van der Waals surface area contributed by atoms with Gasteiger partial charge in [0.05, 0.1) is 5.56 Å². The summed E-state index contributed by atoms with van der Waals surface area (Å²) in [5.41, 5.74) is 1.78. The first-order chi connectivity index (χ1) is 13.6. The number of fused-ring (bicyclic) bond motifs is 1. The first kappa shape index (κ1) is 17.9. The predicted molar refractivity (Wildman–Crippen MR) is 105 cm³/mol. The van der Waals surface area contributed by atoms with E-state index in [9.17, 15) is 9.59 Å². The lowest BCUT2D eigenvalue weighted by atomic mass is 10.1. The fourth-order valence-corrected chi connectivity index (χ4v) is 2.86. The summed E-state index contributed by atoms with van der Waals surface area (Å²) in [4.78, 5) is 28.6. The molecule has 138 valence electrons. The summed E-state index contributed by atoms with van der Waals surface area (Å²) in [6, 6.07) is 15.0. The van der Waals surface area contributed by atoms with Crippen molar-refractivity contribution in [3.63, 3.8) is 0 Å². The van der Waals surface area contributed by atoms with Crippen molar-refractivity contribution in [3.05, 3.63) is 94.5 Å². The molecule has 0 atom stereocenters. The van der Waals surface area contributed by atoms with E-state index in [1.54, 1.807) is 73.1 Å². The number of pyridine rings is 1. The van der Waals surface area contributed by atoms with Crippen LogP contribution in [-0.2, 0) is 0 Å². The average molecular weight is 392 g/mol. The molecule has 0 unspecified atom stereocenters. The number of carbonyl (C=O) groups is 2. The normalized spacial score (nSPS) is 13.9. The minimum Gasteiger partial charge on any atom is -0.485 e. The molecule has 5 nitrogen and oxygen atoms in total. The summed E-state index contributed by atoms with van der Waals surface area (Å²) in [5, 5.41) is 0.563. The standard InChI is InChI=1S/C22H14ClNO4/c23-16-3-1-15(2-4-16)19(25)13-27-17-5-6-18-20(12-17)28-21(22(18)26)11-14-7-9-24-10-8-14/h1-12H,13H2/b21-11-. The summed E-state index contributed by atoms with van der Waals surface area (Å²) in [6.45, 7) is -0.131. The first-order valence-corrected chi connectivity index (χ1v) is 8.88. The van der Waals surface area contributed by atoms with Crippen LogP contribution >= 0.6 is 11.6 Å². The zero-order valence-electron chi connectivity index (χ0n) is 14.6. The highest BCUT2D eigenvalue weighted by Crippen LogP contribution is 2.34. The van der Waals surface area contributed by atoms with Gasteiger partial charge in [-0.3, -0.25) is 14.6 Å². The van der Waals surface area contributed by atoms with Crippen LogP contribution in [-0.4, -0.2) is 23.2 Å². The van der Waals surface area contributed by atoms with E-state index >= 15 is 0 Å². The van der Waals surface area contributed by atoms with Gasteiger partial charge in [-0.05, 0) is 60.2 Å². The molecule has 4 rings (SSSR count). The number of benzene rings is 2. The second kappa shape index (κ2) is 7.66. The third-order valence-corrected chi connectivity index (χ3v) is 4.43. The van der Waals surface area contributed by atoms with Gasteiger partial charge in [-0.1, -0.05) is 11.6 Å². The monoisotopic (exact) mass is 391 g/mol. The molecule has 0 N–H and O–H groups in total. The Balaban J connectivity index is 1.46. The van der Waals surface area contributed by atoms with Crippen LogP contribution in [0.4, 0.5) is 0 Å². The van der Waals surface area contributed by atoms with Crippen LogP contribution < -0.4 is 9.47 Å². The largest absolute Gasteiger partial charge is 0.485 e. The van der Waals surface area contributed by atoms with Gasteiger partial charge < -0.3 is 9.47 Å². The Hall–Kier alpha value is -3.44. The van der Waals surface area contributed by atoms with Gasteiger partial charge in [0, 0.05) is 29.0 Å². The summed E-state index contributed by atoms with van der Waals surface area (Å²) in [6.07, 6.45) is 4.94. The predicted octanol–water partition coefficient (Wildman–Crippen LogP) is 4.61. The molecule has 0 aliphatic carbocycles. The number of nitrogens with zero attached hydrogens (tertiary/aromatic N) is 1. The van der Waals surface area contributed by atoms with Crippen molar-refractivity contribution < 1.29 is 19.1 Å². The summed E-state index contributed by atoms with van der Waals surface area (Å²) in [5.74, 6) is 0.708. The van der Waals surface area contributed by atoms with Gasteiger partial charge in [-0.15, -0.1) is 0 Å². The van der Waals surface area contributed by atoms with E-state index < -0.39 is 0 Å². The average Bonchev–Trinajstić information content (AvgIpc) is 3.02. The summed E-state index contributed by atoms with van der Waals surface area (Å²) < 4.78 is 11.2. The molecule has 6 heteroatoms. The number of ketones is 2. The number of hydrogen-bond acceptors (Lipinski definition) is 5. The van der Waals surface area contributed by atoms with Crippen molar-refractivity contribution in [1.29, 1.82) is 0 Å². The molecular weight excluding hydrogens is 378 g/mol. The summed E-state index contributed by atoms with van der Waals surface area (Å²) in [7, 11) is 0. The Morgan fingerprint density at radius 2 is 1.82 bits per heavy atom. The van der Waals surface area contributed by atoms with Gasteiger partial charge in [0.2, 0.25) is 5.78 Å². The quantitative estimate of drug-likeness (QED) is 0.469. The van der Waals surface area contributed by atoms with E-state index in [0.29, 0.717) is 27.6 Å². The molecule has 0 saturated heterocycles. The van der Waals surface area contributed by atoms with Crippen LogP contribution in [0.5, 0.6) is 11.5 Å². The maximum Gasteiger partial charge on any atom is 0.231 e. The van der Waals surface area contributed by atoms with Gasteiger partial charge in [-0.25, -0.2) is 0 Å². The van der Waals surface area contributed by atoms with Crippen LogP contribution in [0.25, 0.3) is 6.08 Å². The van der Waals surface area contributed by atoms with E-state index in [1.165, 1.54) is 0 Å². The number of rotatable bonds is 5. The molecule has 0 saturated carbocycles. The SMILES string of the molecule is O=C(COc1ccc2c(c1)O/C(=C\c1ccncc1)C2=O)c1ccc(Cl)cc1. The lowest BCUT2D eigenvalue weighted by Gasteiger charge is -2.07. The second-order valence-electron chi connectivity index (χ2n) is 6.10. The van der Waals surface area contributed by atoms with Crippen LogP contribution in [0.3, 0.4) is 0 Å². The maximum atomic E-state index is 12.5. The molecule has 0 radical (unpaired) electrons. The maximum absolute atomic E-state index is 12.5. The highest BCUT2D eigenvalue weighted by Gasteiger charge is 2.27. The van der Waals surface area contributed by atoms with Crippen LogP contribution in [0.2, 0.25) is 5.02 Å². The van der Waals surface area contributed by atoms with Crippen molar-refractivity contribution in [2.75, 3.05) is 6.61 Å². The molecule has 2 aromatic carbocycles. The minimum atomic E-state index is -0.199. The second-order valence-corrected chi connectivity index (χ2v) is 6.53. The molecule has 3 aromatic rings. The number of ether oxygens (including phenoxy) is 2. The Morgan fingerprint density at radius 3 is 2.57 bits per heavy atom. The number of aromatic nitrogens is 1. The lowest BCUT2D eigenvalue weighted by molar-refractivity contribution is 0.0921. The zero-order chi connectivity index (χ0) is 19.5. The Kier molecular flexibility index (Phi) is 4.91. The van der Waals surface area contributed by atoms with E-state index in [-0.39, 0.29) is 23.9 Å². The van der Waals surface area contributed by atoms with Gasteiger partial charge in [0.25, 0.3) is 0 Å². The first-order valence-electron chi connectivity index (χ1n) is 8.50. The molecule has 2 heterocycles. The summed E-state index contributed by atoms with van der Waals surface area (Å²) >= 11 is 5.83. The molecule has 0 bridgehead atoms. The van der Waals surface area contributed by atoms with Crippen LogP contribution in [0.1, 0.15) is 26.3 Å². The fourth-order valence-electron chi connectivity index (χ4n) is 2.74. The van der Waals surface area contributed by atoms with Crippen molar-refractivity contribution in [2.45, 2.75) is 0 Å². The highest BCUT2D eigenvalue weighted by atomic mass is 35.5. The third-order valence-electron chi connectivity index (χ3n) is 4.18. The Bertz CT molecular complexity index is 1080. The van der Waals surface area contributed by atoms with Crippen molar-refractivity contribution in [2.24, 2.45) is 0 Å². The van der Waals surface area contributed by atoms with Gasteiger partial charge in [0.15, 0.2) is 18.1 Å². The Labute approximate surface area is 166 Å². The Morgan fingerprint density at radius 1 is 1.07 bits per heavy atom. The molecule has 0 spiro atoms. The van der Waals surface area contributed by atoms with Crippen molar-refractivity contribution >= 4 is 29.2 Å². The smallest absolute Gasteiger partial charge is 0.231 e. The van der Waals surface area contributed by atoms with Crippen LogP contribution in [0.15, 0.2) is 72.8 Å². The number of halogens is 1. The number of carbonyl (C=O) groups excluding carboxylic acids is 2. The van der Waals surface area contributed by atoms with Gasteiger partial charge in [-0.2, -0.15) is 0 Å². The number of allylic oxidation sites excluding steroid dienone is 1. The molecule has 1 aliphatic rings. The fraction of sp³-hybridized carbons (Fsp3) is 0.0455. The minimum absolute atomic E-state index is 0.131.